The quantitative estimate of drug-likeness (QED) is 0.738. The van der Waals surface area contributed by atoms with E-state index in [0.717, 1.165) is 11.8 Å². The molecule has 0 spiro atoms. The molecule has 0 aromatic heterocycles. The second-order valence-corrected chi connectivity index (χ2v) is 3.73. The average Bonchev–Trinajstić information content (AvgIpc) is 2.26. The molecule has 1 aromatic carbocycles. The highest BCUT2D eigenvalue weighted by Gasteiger charge is 2.22. The Morgan fingerprint density at radius 1 is 1.27 bits per heavy atom. The summed E-state index contributed by atoms with van der Waals surface area (Å²) in [4.78, 5) is 22.4. The summed E-state index contributed by atoms with van der Waals surface area (Å²) in [5.41, 5.74) is 0.701. The van der Waals surface area contributed by atoms with Gasteiger partial charge in [0.15, 0.2) is 6.10 Å². The molecule has 0 fully saturated rings. The number of hydrogen-bond acceptors (Lipinski definition) is 4. The Bertz CT molecular complexity index is 348. The number of ether oxygens (including phenoxy) is 1. The Labute approximate surface area is 92.8 Å². The van der Waals surface area contributed by atoms with Gasteiger partial charge >= 0.3 is 5.97 Å². The van der Waals surface area contributed by atoms with Crippen molar-refractivity contribution in [1.82, 2.24) is 0 Å². The van der Waals surface area contributed by atoms with Crippen molar-refractivity contribution >= 4 is 22.8 Å². The van der Waals surface area contributed by atoms with Gasteiger partial charge in [-0.25, -0.2) is 0 Å². The van der Waals surface area contributed by atoms with Crippen LogP contribution >= 0.6 is 11.8 Å². The SMILES string of the molecule is CSC(=O)C(OC(C)=O)c1ccccc1. The number of benzene rings is 1. The van der Waals surface area contributed by atoms with Gasteiger partial charge in [0.1, 0.15) is 0 Å². The van der Waals surface area contributed by atoms with E-state index in [2.05, 4.69) is 0 Å². The zero-order valence-electron chi connectivity index (χ0n) is 8.60. The van der Waals surface area contributed by atoms with Crippen molar-refractivity contribution in [2.45, 2.75) is 13.0 Å². The van der Waals surface area contributed by atoms with Crippen LogP contribution in [-0.2, 0) is 14.3 Å². The molecular weight excluding hydrogens is 212 g/mol. The monoisotopic (exact) mass is 224 g/mol. The fourth-order valence-corrected chi connectivity index (χ4v) is 1.55. The molecule has 0 aliphatic heterocycles. The van der Waals surface area contributed by atoms with Crippen molar-refractivity contribution in [3.63, 3.8) is 0 Å². The van der Waals surface area contributed by atoms with Gasteiger partial charge in [-0.3, -0.25) is 9.59 Å². The van der Waals surface area contributed by atoms with E-state index in [-0.39, 0.29) is 5.12 Å². The third-order valence-corrected chi connectivity index (χ3v) is 2.42. The fraction of sp³-hybridized carbons (Fsp3) is 0.273. The van der Waals surface area contributed by atoms with E-state index in [0.29, 0.717) is 5.56 Å². The maximum Gasteiger partial charge on any atom is 0.303 e. The van der Waals surface area contributed by atoms with E-state index in [9.17, 15) is 9.59 Å². The number of carbonyl (C=O) groups excluding carboxylic acids is 2. The van der Waals surface area contributed by atoms with Crippen LogP contribution in [0.4, 0.5) is 0 Å². The molecule has 0 heterocycles. The molecular formula is C11H12O3S. The lowest BCUT2D eigenvalue weighted by atomic mass is 10.1. The van der Waals surface area contributed by atoms with Gasteiger partial charge in [-0.2, -0.15) is 0 Å². The van der Waals surface area contributed by atoms with E-state index in [1.54, 1.807) is 30.5 Å². The van der Waals surface area contributed by atoms with E-state index in [1.165, 1.54) is 6.92 Å². The van der Waals surface area contributed by atoms with Gasteiger partial charge in [0.2, 0.25) is 5.12 Å². The van der Waals surface area contributed by atoms with E-state index >= 15 is 0 Å². The normalized spacial score (nSPS) is 11.9. The first-order chi connectivity index (χ1) is 7.15. The fourth-order valence-electron chi connectivity index (χ4n) is 1.15. The second-order valence-electron chi connectivity index (χ2n) is 2.92. The van der Waals surface area contributed by atoms with Crippen LogP contribution in [0.15, 0.2) is 30.3 Å². The first kappa shape index (κ1) is 11.8. The molecule has 0 radical (unpaired) electrons. The Hall–Kier alpha value is -1.29. The zero-order chi connectivity index (χ0) is 11.3. The molecule has 0 saturated heterocycles. The van der Waals surface area contributed by atoms with Crippen LogP contribution in [0.2, 0.25) is 0 Å². The Morgan fingerprint density at radius 3 is 2.33 bits per heavy atom. The van der Waals surface area contributed by atoms with Gasteiger partial charge in [-0.15, -0.1) is 0 Å². The molecule has 1 unspecified atom stereocenters. The molecule has 0 amide bonds. The second kappa shape index (κ2) is 5.56. The highest BCUT2D eigenvalue weighted by molar-refractivity contribution is 8.13. The molecule has 1 atom stereocenters. The number of carbonyl (C=O) groups is 2. The number of thioether (sulfide) groups is 1. The van der Waals surface area contributed by atoms with Gasteiger partial charge in [0.25, 0.3) is 0 Å². The van der Waals surface area contributed by atoms with Gasteiger partial charge in [0, 0.05) is 12.5 Å². The van der Waals surface area contributed by atoms with E-state index in [1.807, 2.05) is 6.07 Å². The first-order valence-corrected chi connectivity index (χ1v) is 5.67. The molecule has 4 heteroatoms. The number of hydrogen-bond donors (Lipinski definition) is 0. The molecule has 3 nitrogen and oxygen atoms in total. The predicted octanol–water partition coefficient (Wildman–Crippen LogP) is 2.18. The molecule has 0 N–H and O–H groups in total. The summed E-state index contributed by atoms with van der Waals surface area (Å²) < 4.78 is 4.98. The lowest BCUT2D eigenvalue weighted by Gasteiger charge is -2.14. The lowest BCUT2D eigenvalue weighted by molar-refractivity contribution is -0.150. The molecule has 0 aliphatic carbocycles. The summed E-state index contributed by atoms with van der Waals surface area (Å²) in [5.74, 6) is -0.453. The Balaban J connectivity index is 2.91. The summed E-state index contributed by atoms with van der Waals surface area (Å²) in [6, 6.07) is 8.99. The predicted molar refractivity (Wildman–Crippen MR) is 59.5 cm³/mol. The Morgan fingerprint density at radius 2 is 1.87 bits per heavy atom. The number of rotatable bonds is 3. The Kier molecular flexibility index (Phi) is 4.37. The average molecular weight is 224 g/mol. The highest BCUT2D eigenvalue weighted by atomic mass is 32.2. The molecule has 80 valence electrons. The van der Waals surface area contributed by atoms with E-state index < -0.39 is 12.1 Å². The molecule has 0 bridgehead atoms. The van der Waals surface area contributed by atoms with Crippen LogP contribution < -0.4 is 0 Å². The van der Waals surface area contributed by atoms with Gasteiger partial charge in [0.05, 0.1) is 0 Å². The third kappa shape index (κ3) is 3.40. The first-order valence-electron chi connectivity index (χ1n) is 4.45. The lowest BCUT2D eigenvalue weighted by Crippen LogP contribution is -2.15. The van der Waals surface area contributed by atoms with Crippen LogP contribution in [0.3, 0.4) is 0 Å². The van der Waals surface area contributed by atoms with Crippen LogP contribution in [0.1, 0.15) is 18.6 Å². The minimum atomic E-state index is -0.793. The number of esters is 1. The maximum absolute atomic E-state index is 11.5. The van der Waals surface area contributed by atoms with Crippen molar-refractivity contribution in [3.05, 3.63) is 35.9 Å². The standard InChI is InChI=1S/C11H12O3S/c1-8(12)14-10(11(13)15-2)9-6-4-3-5-7-9/h3-7,10H,1-2H3. The van der Waals surface area contributed by atoms with Crippen molar-refractivity contribution in [2.75, 3.05) is 6.26 Å². The van der Waals surface area contributed by atoms with Gasteiger partial charge < -0.3 is 4.74 Å². The summed E-state index contributed by atoms with van der Waals surface area (Å²) in [5, 5.41) is -0.170. The summed E-state index contributed by atoms with van der Waals surface area (Å²) in [6.07, 6.45) is 0.876. The highest BCUT2D eigenvalue weighted by Crippen LogP contribution is 2.22. The molecule has 15 heavy (non-hydrogen) atoms. The van der Waals surface area contributed by atoms with Crippen molar-refractivity contribution in [3.8, 4) is 0 Å². The van der Waals surface area contributed by atoms with Crippen LogP contribution in [-0.4, -0.2) is 17.3 Å². The summed E-state index contributed by atoms with van der Waals surface area (Å²) in [6.45, 7) is 1.30. The summed E-state index contributed by atoms with van der Waals surface area (Å²) >= 11 is 1.05. The van der Waals surface area contributed by atoms with Crippen molar-refractivity contribution in [2.24, 2.45) is 0 Å². The largest absolute Gasteiger partial charge is 0.449 e. The van der Waals surface area contributed by atoms with Crippen LogP contribution in [0.5, 0.6) is 0 Å². The van der Waals surface area contributed by atoms with Gasteiger partial charge in [-0.05, 0) is 6.26 Å². The third-order valence-electron chi connectivity index (χ3n) is 1.80. The van der Waals surface area contributed by atoms with E-state index in [4.69, 9.17) is 4.74 Å². The van der Waals surface area contributed by atoms with Gasteiger partial charge in [-0.1, -0.05) is 42.1 Å². The molecule has 0 saturated carbocycles. The molecule has 1 rings (SSSR count). The van der Waals surface area contributed by atoms with Crippen molar-refractivity contribution in [1.29, 1.82) is 0 Å². The summed E-state index contributed by atoms with van der Waals surface area (Å²) in [7, 11) is 0. The zero-order valence-corrected chi connectivity index (χ0v) is 9.41. The topological polar surface area (TPSA) is 43.4 Å². The maximum atomic E-state index is 11.5. The van der Waals surface area contributed by atoms with Crippen molar-refractivity contribution < 1.29 is 14.3 Å². The molecule has 1 aromatic rings. The minimum absolute atomic E-state index is 0.170. The minimum Gasteiger partial charge on any atom is -0.449 e. The van der Waals surface area contributed by atoms with Crippen LogP contribution in [0, 0.1) is 0 Å². The van der Waals surface area contributed by atoms with Crippen LogP contribution in [0.25, 0.3) is 0 Å². The smallest absolute Gasteiger partial charge is 0.303 e. The molecule has 0 aliphatic rings.